The SMILES string of the molecule is CCc1sc2c(-c3cc[nH]c3)noc2c1N. The van der Waals surface area contributed by atoms with Gasteiger partial charge in [0.1, 0.15) is 10.4 Å². The summed E-state index contributed by atoms with van der Waals surface area (Å²) in [4.78, 5) is 4.17. The van der Waals surface area contributed by atoms with Gasteiger partial charge in [0, 0.05) is 22.8 Å². The second kappa shape index (κ2) is 3.38. The van der Waals surface area contributed by atoms with Crippen LogP contribution in [0.5, 0.6) is 0 Å². The lowest BCUT2D eigenvalue weighted by Crippen LogP contribution is -1.85. The number of aromatic amines is 1. The lowest BCUT2D eigenvalue weighted by atomic mass is 10.2. The molecule has 3 aromatic rings. The van der Waals surface area contributed by atoms with Gasteiger partial charge in [-0.15, -0.1) is 11.3 Å². The first-order valence-electron chi connectivity index (χ1n) is 5.11. The molecule has 0 saturated heterocycles. The Kier molecular flexibility index (Phi) is 2.00. The third-order valence-corrected chi connectivity index (χ3v) is 3.95. The monoisotopic (exact) mass is 233 g/mol. The molecule has 0 aliphatic heterocycles. The maximum absolute atomic E-state index is 5.99. The first-order valence-corrected chi connectivity index (χ1v) is 5.92. The number of nitrogen functional groups attached to an aromatic ring is 1. The highest BCUT2D eigenvalue weighted by molar-refractivity contribution is 7.20. The van der Waals surface area contributed by atoms with Crippen molar-refractivity contribution in [2.45, 2.75) is 13.3 Å². The van der Waals surface area contributed by atoms with Crippen LogP contribution in [-0.4, -0.2) is 10.1 Å². The molecule has 0 atom stereocenters. The minimum absolute atomic E-state index is 0.720. The highest BCUT2D eigenvalue weighted by atomic mass is 32.1. The topological polar surface area (TPSA) is 67.8 Å². The molecule has 5 heteroatoms. The summed E-state index contributed by atoms with van der Waals surface area (Å²) in [6.07, 6.45) is 4.69. The number of rotatable bonds is 2. The summed E-state index contributed by atoms with van der Waals surface area (Å²) in [6, 6.07) is 1.97. The molecule has 0 aliphatic rings. The van der Waals surface area contributed by atoms with Gasteiger partial charge in [-0.1, -0.05) is 12.1 Å². The number of hydrogen-bond acceptors (Lipinski definition) is 4. The fourth-order valence-electron chi connectivity index (χ4n) is 1.77. The van der Waals surface area contributed by atoms with Crippen LogP contribution >= 0.6 is 11.3 Å². The Labute approximate surface area is 96.1 Å². The third kappa shape index (κ3) is 1.18. The average Bonchev–Trinajstić information content (AvgIpc) is 2.96. The number of thiophene rings is 1. The van der Waals surface area contributed by atoms with Crippen molar-refractivity contribution in [3.63, 3.8) is 0 Å². The van der Waals surface area contributed by atoms with Crippen LogP contribution in [0.3, 0.4) is 0 Å². The van der Waals surface area contributed by atoms with Crippen LogP contribution in [0.15, 0.2) is 23.0 Å². The molecule has 0 bridgehead atoms. The standard InChI is InChI=1S/C11H11N3OS/c1-2-7-8(12)10-11(16-7)9(14-15-10)6-3-4-13-5-6/h3-5,13H,2,12H2,1H3. The number of hydrogen-bond donors (Lipinski definition) is 2. The quantitative estimate of drug-likeness (QED) is 0.714. The zero-order valence-electron chi connectivity index (χ0n) is 8.78. The molecule has 4 nitrogen and oxygen atoms in total. The van der Waals surface area contributed by atoms with Gasteiger partial charge in [-0.25, -0.2) is 0 Å². The van der Waals surface area contributed by atoms with Crippen LogP contribution in [0.2, 0.25) is 0 Å². The van der Waals surface area contributed by atoms with Crippen LogP contribution in [0.4, 0.5) is 5.69 Å². The van der Waals surface area contributed by atoms with Gasteiger partial charge < -0.3 is 15.2 Å². The highest BCUT2D eigenvalue weighted by Crippen LogP contribution is 2.39. The fraction of sp³-hybridized carbons (Fsp3) is 0.182. The number of anilines is 1. The third-order valence-electron chi connectivity index (χ3n) is 2.61. The smallest absolute Gasteiger partial charge is 0.201 e. The number of nitrogens with one attached hydrogen (secondary N) is 1. The lowest BCUT2D eigenvalue weighted by molar-refractivity contribution is 0.460. The molecule has 0 saturated carbocycles. The summed E-state index contributed by atoms with van der Waals surface area (Å²) in [6.45, 7) is 2.09. The Morgan fingerprint density at radius 1 is 1.56 bits per heavy atom. The molecule has 0 unspecified atom stereocenters. The summed E-state index contributed by atoms with van der Waals surface area (Å²) in [7, 11) is 0. The zero-order chi connectivity index (χ0) is 11.1. The number of nitrogens with two attached hydrogens (primary N) is 1. The molecule has 0 aromatic carbocycles. The van der Waals surface area contributed by atoms with Crippen molar-refractivity contribution >= 4 is 27.3 Å². The molecule has 0 fully saturated rings. The van der Waals surface area contributed by atoms with Gasteiger partial charge in [0.05, 0.1) is 5.69 Å². The maximum Gasteiger partial charge on any atom is 0.201 e. The molecule has 0 spiro atoms. The fourth-order valence-corrected chi connectivity index (χ4v) is 2.86. The van der Waals surface area contributed by atoms with Gasteiger partial charge in [0.25, 0.3) is 0 Å². The Morgan fingerprint density at radius 3 is 3.12 bits per heavy atom. The maximum atomic E-state index is 5.99. The molecular weight excluding hydrogens is 222 g/mol. The van der Waals surface area contributed by atoms with Crippen molar-refractivity contribution in [1.82, 2.24) is 10.1 Å². The van der Waals surface area contributed by atoms with Crippen molar-refractivity contribution in [3.8, 4) is 11.3 Å². The second-order valence-electron chi connectivity index (χ2n) is 3.58. The van der Waals surface area contributed by atoms with Gasteiger partial charge in [0.2, 0.25) is 5.58 Å². The van der Waals surface area contributed by atoms with E-state index in [1.807, 2.05) is 18.5 Å². The molecule has 0 amide bonds. The van der Waals surface area contributed by atoms with Crippen molar-refractivity contribution in [2.75, 3.05) is 5.73 Å². The number of H-pyrrole nitrogens is 1. The van der Waals surface area contributed by atoms with E-state index in [0.29, 0.717) is 0 Å². The van der Waals surface area contributed by atoms with E-state index in [9.17, 15) is 0 Å². The minimum Gasteiger partial charge on any atom is -0.395 e. The summed E-state index contributed by atoms with van der Waals surface area (Å²) >= 11 is 1.66. The molecular formula is C11H11N3OS. The summed E-state index contributed by atoms with van der Waals surface area (Å²) < 4.78 is 6.34. The second-order valence-corrected chi connectivity index (χ2v) is 4.69. The van der Waals surface area contributed by atoms with Crippen LogP contribution in [0, 0.1) is 0 Å². The van der Waals surface area contributed by atoms with Gasteiger partial charge >= 0.3 is 0 Å². The first-order chi connectivity index (χ1) is 7.81. The lowest BCUT2D eigenvalue weighted by Gasteiger charge is -1.90. The molecule has 0 radical (unpaired) electrons. The van der Waals surface area contributed by atoms with Gasteiger partial charge in [-0.3, -0.25) is 0 Å². The largest absolute Gasteiger partial charge is 0.395 e. The van der Waals surface area contributed by atoms with Gasteiger partial charge in [-0.2, -0.15) is 0 Å². The summed E-state index contributed by atoms with van der Waals surface area (Å²) in [5, 5.41) is 4.07. The number of fused-ring (bicyclic) bond motifs is 1. The Balaban J connectivity index is 2.28. The van der Waals surface area contributed by atoms with E-state index in [4.69, 9.17) is 10.3 Å². The van der Waals surface area contributed by atoms with E-state index >= 15 is 0 Å². The van der Waals surface area contributed by atoms with Crippen molar-refractivity contribution < 1.29 is 4.52 Å². The van der Waals surface area contributed by atoms with E-state index < -0.39 is 0 Å². The summed E-state index contributed by atoms with van der Waals surface area (Å²) in [5.74, 6) is 0. The Hall–Kier alpha value is -1.75. The molecule has 0 aliphatic carbocycles. The van der Waals surface area contributed by atoms with Crippen molar-refractivity contribution in [3.05, 3.63) is 23.3 Å². The number of nitrogens with zero attached hydrogens (tertiary/aromatic N) is 1. The molecule has 3 heterocycles. The predicted octanol–water partition coefficient (Wildman–Crippen LogP) is 3.03. The molecule has 3 N–H and O–H groups in total. The zero-order valence-corrected chi connectivity index (χ0v) is 9.60. The van der Waals surface area contributed by atoms with Gasteiger partial charge in [0.15, 0.2) is 0 Å². The predicted molar refractivity (Wildman–Crippen MR) is 65.5 cm³/mol. The highest BCUT2D eigenvalue weighted by Gasteiger charge is 2.18. The van der Waals surface area contributed by atoms with Crippen LogP contribution in [0.1, 0.15) is 11.8 Å². The average molecular weight is 233 g/mol. The van der Waals surface area contributed by atoms with E-state index in [0.717, 1.165) is 38.5 Å². The number of aryl methyl sites for hydroxylation is 1. The van der Waals surface area contributed by atoms with Crippen LogP contribution in [-0.2, 0) is 6.42 Å². The molecule has 3 rings (SSSR count). The Bertz CT molecular complexity index is 621. The van der Waals surface area contributed by atoms with Crippen LogP contribution < -0.4 is 5.73 Å². The number of aromatic nitrogens is 2. The van der Waals surface area contributed by atoms with E-state index in [1.165, 1.54) is 0 Å². The summed E-state index contributed by atoms with van der Waals surface area (Å²) in [5.41, 5.74) is 9.34. The minimum atomic E-state index is 0.720. The van der Waals surface area contributed by atoms with E-state index in [1.54, 1.807) is 11.3 Å². The Morgan fingerprint density at radius 2 is 2.44 bits per heavy atom. The van der Waals surface area contributed by atoms with Crippen LogP contribution in [0.25, 0.3) is 21.5 Å². The van der Waals surface area contributed by atoms with Crippen molar-refractivity contribution in [1.29, 1.82) is 0 Å². The van der Waals surface area contributed by atoms with E-state index in [2.05, 4.69) is 17.1 Å². The molecule has 82 valence electrons. The molecule has 3 aromatic heterocycles. The first kappa shape index (κ1) is 9.47. The molecule has 16 heavy (non-hydrogen) atoms. The van der Waals surface area contributed by atoms with Crippen molar-refractivity contribution in [2.24, 2.45) is 0 Å². The van der Waals surface area contributed by atoms with Gasteiger partial charge in [-0.05, 0) is 12.5 Å². The normalized spacial score (nSPS) is 11.3. The van der Waals surface area contributed by atoms with E-state index in [-0.39, 0.29) is 0 Å².